The van der Waals surface area contributed by atoms with Gasteiger partial charge < -0.3 is 4.98 Å². The van der Waals surface area contributed by atoms with E-state index in [1.807, 2.05) is 18.4 Å². The van der Waals surface area contributed by atoms with Gasteiger partial charge in [0.05, 0.1) is 11.1 Å². The molecule has 16 heavy (non-hydrogen) atoms. The number of nitrogens with one attached hydrogen (secondary N) is 1. The molecule has 0 bridgehead atoms. The number of aromatic nitrogens is 1. The molecule has 4 heteroatoms. The molecule has 1 heterocycles. The van der Waals surface area contributed by atoms with Gasteiger partial charge in [0.1, 0.15) is 0 Å². The molecule has 0 saturated carbocycles. The maximum Gasteiger partial charge on any atom is 0.200 e. The molecule has 0 atom stereocenters. The van der Waals surface area contributed by atoms with E-state index in [1.54, 1.807) is 17.8 Å². The Morgan fingerprint density at radius 1 is 1.38 bits per heavy atom. The molecule has 0 aliphatic carbocycles. The molecule has 1 N–H and O–H groups in total. The van der Waals surface area contributed by atoms with Gasteiger partial charge >= 0.3 is 0 Å². The highest BCUT2D eigenvalue weighted by molar-refractivity contribution is 7.98. The summed E-state index contributed by atoms with van der Waals surface area (Å²) in [7, 11) is 0. The van der Waals surface area contributed by atoms with E-state index >= 15 is 0 Å². The van der Waals surface area contributed by atoms with Gasteiger partial charge in [-0.25, -0.2) is 0 Å². The van der Waals surface area contributed by atoms with Crippen LogP contribution in [0.3, 0.4) is 0 Å². The first-order valence-electron chi connectivity index (χ1n) is 4.84. The van der Waals surface area contributed by atoms with E-state index < -0.39 is 0 Å². The van der Waals surface area contributed by atoms with Crippen molar-refractivity contribution in [1.82, 2.24) is 4.98 Å². The van der Waals surface area contributed by atoms with Gasteiger partial charge in [-0.15, -0.1) is 11.8 Å². The lowest BCUT2D eigenvalue weighted by atomic mass is 10.1. The fourth-order valence-electron chi connectivity index (χ4n) is 1.66. The molecule has 0 radical (unpaired) electrons. The molecule has 0 spiro atoms. The van der Waals surface area contributed by atoms with Gasteiger partial charge in [-0.05, 0) is 25.3 Å². The number of carbonyl (C=O) groups is 1. The highest BCUT2D eigenvalue weighted by atomic mass is 32.2. The van der Waals surface area contributed by atoms with Crippen LogP contribution in [0, 0.1) is 0 Å². The Balaban J connectivity index is 2.87. The standard InChI is InChI=1S/C12H11NO2S/c1-7(14)9-6-13-11-8(12(9)15)4-3-5-10(11)16-2/h3-6H,1-2H3,(H,13,15). The molecule has 0 saturated heterocycles. The molecule has 0 amide bonds. The highest BCUT2D eigenvalue weighted by Gasteiger charge is 2.10. The minimum atomic E-state index is -0.210. The molecule has 3 nitrogen and oxygen atoms in total. The number of Topliss-reactive ketones (excluding diaryl/α,β-unsaturated/α-hetero) is 1. The minimum absolute atomic E-state index is 0.197. The fourth-order valence-corrected chi connectivity index (χ4v) is 2.24. The monoisotopic (exact) mass is 233 g/mol. The molecule has 1 aromatic carbocycles. The second kappa shape index (κ2) is 4.14. The lowest BCUT2D eigenvalue weighted by molar-refractivity contribution is 0.101. The van der Waals surface area contributed by atoms with Crippen LogP contribution in [0.15, 0.2) is 34.1 Å². The van der Waals surface area contributed by atoms with E-state index in [0.717, 1.165) is 10.4 Å². The van der Waals surface area contributed by atoms with Crippen LogP contribution in [0.2, 0.25) is 0 Å². The van der Waals surface area contributed by atoms with E-state index in [4.69, 9.17) is 0 Å². The summed E-state index contributed by atoms with van der Waals surface area (Å²) in [5, 5.41) is 0.569. The van der Waals surface area contributed by atoms with Gasteiger partial charge in [-0.1, -0.05) is 6.07 Å². The van der Waals surface area contributed by atoms with E-state index in [9.17, 15) is 9.59 Å². The summed E-state index contributed by atoms with van der Waals surface area (Å²) in [5.74, 6) is -0.210. The SMILES string of the molecule is CSc1cccc2c(=O)c(C(C)=O)c[nH]c12. The summed E-state index contributed by atoms with van der Waals surface area (Å²) in [6.07, 6.45) is 3.44. The van der Waals surface area contributed by atoms with Crippen molar-refractivity contribution < 1.29 is 4.79 Å². The van der Waals surface area contributed by atoms with Gasteiger partial charge in [-0.2, -0.15) is 0 Å². The Morgan fingerprint density at radius 3 is 2.75 bits per heavy atom. The van der Waals surface area contributed by atoms with Crippen molar-refractivity contribution in [1.29, 1.82) is 0 Å². The minimum Gasteiger partial charge on any atom is -0.359 e. The van der Waals surface area contributed by atoms with Crippen molar-refractivity contribution in [3.05, 3.63) is 40.2 Å². The Kier molecular flexibility index (Phi) is 2.83. The molecule has 2 aromatic rings. The largest absolute Gasteiger partial charge is 0.359 e. The third kappa shape index (κ3) is 1.65. The highest BCUT2D eigenvalue weighted by Crippen LogP contribution is 2.22. The molecule has 0 unspecified atom stereocenters. The first kappa shape index (κ1) is 11.0. The van der Waals surface area contributed by atoms with Gasteiger partial charge in [0.25, 0.3) is 0 Å². The molecule has 2 rings (SSSR count). The first-order valence-corrected chi connectivity index (χ1v) is 6.07. The van der Waals surface area contributed by atoms with Crippen LogP contribution in [0.4, 0.5) is 0 Å². The lowest BCUT2D eigenvalue weighted by Crippen LogP contribution is -2.13. The first-order chi connectivity index (χ1) is 7.65. The topological polar surface area (TPSA) is 49.9 Å². The average molecular weight is 233 g/mol. The summed E-state index contributed by atoms with van der Waals surface area (Å²) < 4.78 is 0. The molecule has 82 valence electrons. The van der Waals surface area contributed by atoms with Crippen LogP contribution in [-0.4, -0.2) is 17.0 Å². The van der Waals surface area contributed by atoms with Crippen molar-refractivity contribution in [2.75, 3.05) is 6.26 Å². The summed E-state index contributed by atoms with van der Waals surface area (Å²) in [6.45, 7) is 1.40. The van der Waals surface area contributed by atoms with E-state index in [-0.39, 0.29) is 16.8 Å². The average Bonchev–Trinajstić information content (AvgIpc) is 2.28. The van der Waals surface area contributed by atoms with Crippen molar-refractivity contribution in [2.45, 2.75) is 11.8 Å². The van der Waals surface area contributed by atoms with Crippen LogP contribution in [0.5, 0.6) is 0 Å². The van der Waals surface area contributed by atoms with E-state index in [0.29, 0.717) is 5.39 Å². The number of carbonyl (C=O) groups excluding carboxylic acids is 1. The van der Waals surface area contributed by atoms with Gasteiger partial charge in [-0.3, -0.25) is 9.59 Å². The van der Waals surface area contributed by atoms with Crippen molar-refractivity contribution in [2.24, 2.45) is 0 Å². The second-order valence-corrected chi connectivity index (χ2v) is 4.32. The summed E-state index contributed by atoms with van der Waals surface area (Å²) in [5.41, 5.74) is 0.813. The third-order valence-corrected chi connectivity index (χ3v) is 3.26. The van der Waals surface area contributed by atoms with Gasteiger partial charge in [0.15, 0.2) is 11.2 Å². The fraction of sp³-hybridized carbons (Fsp3) is 0.167. The molecular weight excluding hydrogens is 222 g/mol. The van der Waals surface area contributed by atoms with Crippen molar-refractivity contribution in [3.8, 4) is 0 Å². The number of H-pyrrole nitrogens is 1. The smallest absolute Gasteiger partial charge is 0.200 e. The van der Waals surface area contributed by atoms with Gasteiger partial charge in [0, 0.05) is 16.5 Å². The summed E-state index contributed by atoms with van der Waals surface area (Å²) >= 11 is 1.57. The Labute approximate surface area is 96.9 Å². The molecular formula is C12H11NO2S. The lowest BCUT2D eigenvalue weighted by Gasteiger charge is -2.04. The van der Waals surface area contributed by atoms with Crippen LogP contribution in [0.1, 0.15) is 17.3 Å². The predicted molar refractivity (Wildman–Crippen MR) is 66.4 cm³/mol. The van der Waals surface area contributed by atoms with Crippen LogP contribution >= 0.6 is 11.8 Å². The number of pyridine rings is 1. The Bertz CT molecular complexity index is 616. The van der Waals surface area contributed by atoms with E-state index in [2.05, 4.69) is 4.98 Å². The number of benzene rings is 1. The Morgan fingerprint density at radius 2 is 2.12 bits per heavy atom. The molecule has 1 aromatic heterocycles. The zero-order chi connectivity index (χ0) is 11.7. The van der Waals surface area contributed by atoms with Crippen LogP contribution in [-0.2, 0) is 0 Å². The number of aromatic amines is 1. The van der Waals surface area contributed by atoms with Crippen LogP contribution < -0.4 is 5.43 Å². The number of fused-ring (bicyclic) bond motifs is 1. The van der Waals surface area contributed by atoms with Crippen LogP contribution in [0.25, 0.3) is 10.9 Å². The van der Waals surface area contributed by atoms with Gasteiger partial charge in [0.2, 0.25) is 0 Å². The molecule has 0 fully saturated rings. The maximum absolute atomic E-state index is 12.0. The maximum atomic E-state index is 12.0. The number of hydrogen-bond donors (Lipinski definition) is 1. The number of para-hydroxylation sites is 1. The quantitative estimate of drug-likeness (QED) is 0.640. The van der Waals surface area contributed by atoms with Crippen molar-refractivity contribution in [3.63, 3.8) is 0 Å². The molecule has 0 aliphatic heterocycles. The van der Waals surface area contributed by atoms with Crippen molar-refractivity contribution >= 4 is 28.4 Å². The second-order valence-electron chi connectivity index (χ2n) is 3.47. The summed E-state index contributed by atoms with van der Waals surface area (Å²) in [6, 6.07) is 5.50. The number of ketones is 1. The Hall–Kier alpha value is -1.55. The number of rotatable bonds is 2. The molecule has 0 aliphatic rings. The van der Waals surface area contributed by atoms with E-state index in [1.165, 1.54) is 13.1 Å². The predicted octanol–water partition coefficient (Wildman–Crippen LogP) is 2.45. The third-order valence-electron chi connectivity index (χ3n) is 2.48. The zero-order valence-corrected chi connectivity index (χ0v) is 9.85. The number of hydrogen-bond acceptors (Lipinski definition) is 3. The summed E-state index contributed by atoms with van der Waals surface area (Å²) in [4.78, 5) is 27.3. The zero-order valence-electron chi connectivity index (χ0n) is 9.03. The number of thioether (sulfide) groups is 1. The normalized spacial score (nSPS) is 10.6.